The van der Waals surface area contributed by atoms with Gasteiger partial charge in [-0.2, -0.15) is 0 Å². The minimum atomic E-state index is -3.70. The van der Waals surface area contributed by atoms with Crippen LogP contribution in [0.25, 0.3) is 0 Å². The lowest BCUT2D eigenvalue weighted by Crippen LogP contribution is -2.46. The van der Waals surface area contributed by atoms with Gasteiger partial charge >= 0.3 is 0 Å². The van der Waals surface area contributed by atoms with E-state index in [9.17, 15) is 13.2 Å². The molecule has 1 aliphatic rings. The maximum atomic E-state index is 12.7. The van der Waals surface area contributed by atoms with Gasteiger partial charge in [0, 0.05) is 24.7 Å². The quantitative estimate of drug-likeness (QED) is 0.774. The van der Waals surface area contributed by atoms with E-state index in [0.29, 0.717) is 23.8 Å². The van der Waals surface area contributed by atoms with Crippen LogP contribution in [0.3, 0.4) is 0 Å². The fraction of sp³-hybridized carbons (Fsp3) is 0.350. The number of benzene rings is 2. The number of nitrogens with one attached hydrogen (secondary N) is 2. The van der Waals surface area contributed by atoms with Crippen molar-refractivity contribution in [3.05, 3.63) is 59.7 Å². The number of carbonyl (C=O) groups excluding carboxylic acids is 1. The number of hydrogen-bond acceptors (Lipinski definition) is 4. The van der Waals surface area contributed by atoms with Crippen molar-refractivity contribution in [3.63, 3.8) is 0 Å². The van der Waals surface area contributed by atoms with Crippen LogP contribution in [0.5, 0.6) is 0 Å². The summed E-state index contributed by atoms with van der Waals surface area (Å²) in [6.07, 6.45) is 2.02. The highest BCUT2D eigenvalue weighted by atomic mass is 35.5. The van der Waals surface area contributed by atoms with Crippen LogP contribution in [0.4, 0.5) is 5.69 Å². The first-order chi connectivity index (χ1) is 12.9. The van der Waals surface area contributed by atoms with E-state index in [4.69, 9.17) is 0 Å². The van der Waals surface area contributed by atoms with Gasteiger partial charge in [-0.15, -0.1) is 12.4 Å². The van der Waals surface area contributed by atoms with Crippen LogP contribution >= 0.6 is 12.4 Å². The molecule has 1 heterocycles. The molecule has 3 rings (SSSR count). The number of halogens is 1. The van der Waals surface area contributed by atoms with E-state index in [-0.39, 0.29) is 23.2 Å². The zero-order valence-corrected chi connectivity index (χ0v) is 17.6. The van der Waals surface area contributed by atoms with Crippen molar-refractivity contribution in [3.8, 4) is 0 Å². The van der Waals surface area contributed by atoms with Gasteiger partial charge in [-0.05, 0) is 62.7 Å². The molecule has 1 saturated heterocycles. The van der Waals surface area contributed by atoms with Crippen molar-refractivity contribution in [1.82, 2.24) is 10.2 Å². The summed E-state index contributed by atoms with van der Waals surface area (Å²) in [5.41, 5.74) is 1.89. The van der Waals surface area contributed by atoms with E-state index >= 15 is 0 Å². The number of likely N-dealkylation sites (N-methyl/N-ethyl adjacent to an activating group) is 1. The smallest absolute Gasteiger partial charge is 0.261 e. The molecule has 8 heteroatoms. The molecule has 0 aromatic heterocycles. The van der Waals surface area contributed by atoms with E-state index in [2.05, 4.69) is 10.0 Å². The van der Waals surface area contributed by atoms with Crippen molar-refractivity contribution < 1.29 is 13.2 Å². The molecule has 0 radical (unpaired) electrons. The van der Waals surface area contributed by atoms with E-state index < -0.39 is 10.0 Å². The number of likely N-dealkylation sites (tertiary alicyclic amines) is 1. The van der Waals surface area contributed by atoms with Crippen LogP contribution in [0.15, 0.2) is 53.4 Å². The maximum Gasteiger partial charge on any atom is 0.261 e. The van der Waals surface area contributed by atoms with Gasteiger partial charge in [0.05, 0.1) is 10.6 Å². The molecule has 0 aliphatic carbocycles. The Bertz CT molecular complexity index is 917. The minimum Gasteiger partial charge on any atom is -0.337 e. The SMILES string of the molecule is CNC1CCCN(C(=O)c2ccc(S(=O)(=O)Nc3ccccc3C)cc2)C1.Cl. The number of sulfonamides is 1. The lowest BCUT2D eigenvalue weighted by molar-refractivity contribution is 0.0698. The third-order valence-corrected chi connectivity index (χ3v) is 6.30. The van der Waals surface area contributed by atoms with Crippen molar-refractivity contribution in [2.45, 2.75) is 30.7 Å². The van der Waals surface area contributed by atoms with Gasteiger partial charge in [-0.3, -0.25) is 9.52 Å². The van der Waals surface area contributed by atoms with E-state index in [0.717, 1.165) is 24.9 Å². The first kappa shape index (κ1) is 22.2. The Kier molecular flexibility index (Phi) is 7.46. The molecule has 1 fully saturated rings. The summed E-state index contributed by atoms with van der Waals surface area (Å²) in [6, 6.07) is 13.6. The van der Waals surface area contributed by atoms with Crippen LogP contribution in [0, 0.1) is 6.92 Å². The van der Waals surface area contributed by atoms with Crippen LogP contribution in [-0.4, -0.2) is 45.4 Å². The second kappa shape index (κ2) is 9.41. The number of hydrogen-bond donors (Lipinski definition) is 2. The molecule has 2 N–H and O–H groups in total. The maximum absolute atomic E-state index is 12.7. The van der Waals surface area contributed by atoms with E-state index in [1.165, 1.54) is 12.1 Å². The predicted molar refractivity (Wildman–Crippen MR) is 114 cm³/mol. The lowest BCUT2D eigenvalue weighted by atomic mass is 10.0. The summed E-state index contributed by atoms with van der Waals surface area (Å²) in [5.74, 6) is -0.0641. The normalized spacial score (nSPS) is 16.9. The lowest BCUT2D eigenvalue weighted by Gasteiger charge is -2.32. The number of amides is 1. The number of aryl methyl sites for hydroxylation is 1. The molecule has 2 aromatic carbocycles. The fourth-order valence-electron chi connectivity index (χ4n) is 3.25. The van der Waals surface area contributed by atoms with E-state index in [1.54, 1.807) is 24.3 Å². The molecule has 2 aromatic rings. The standard InChI is InChI=1S/C20H25N3O3S.ClH/c1-15-6-3-4-8-19(15)22-27(25,26)18-11-9-16(10-12-18)20(24)23-13-5-7-17(14-23)21-2;/h3-4,6,8-12,17,21-22H,5,7,13-14H2,1-2H3;1H. The molecular weight excluding hydrogens is 398 g/mol. The third kappa shape index (κ3) is 5.04. The van der Waals surface area contributed by atoms with Gasteiger partial charge in [0.15, 0.2) is 0 Å². The molecule has 152 valence electrons. The van der Waals surface area contributed by atoms with Gasteiger partial charge in [-0.25, -0.2) is 8.42 Å². The Balaban J connectivity index is 0.00000280. The van der Waals surface area contributed by atoms with Gasteiger partial charge in [0.2, 0.25) is 0 Å². The van der Waals surface area contributed by atoms with Crippen LogP contribution < -0.4 is 10.0 Å². The molecule has 1 atom stereocenters. The Hall–Kier alpha value is -2.09. The molecule has 0 bridgehead atoms. The average molecular weight is 424 g/mol. The largest absolute Gasteiger partial charge is 0.337 e. The second-order valence-corrected chi connectivity index (χ2v) is 8.51. The molecule has 28 heavy (non-hydrogen) atoms. The van der Waals surface area contributed by atoms with Gasteiger partial charge in [0.25, 0.3) is 15.9 Å². The molecule has 1 aliphatic heterocycles. The van der Waals surface area contributed by atoms with Crippen LogP contribution in [-0.2, 0) is 10.0 Å². The summed E-state index contributed by atoms with van der Waals surface area (Å²) in [5, 5.41) is 3.22. The summed E-state index contributed by atoms with van der Waals surface area (Å²) in [4.78, 5) is 14.6. The highest BCUT2D eigenvalue weighted by Gasteiger charge is 2.24. The molecule has 1 unspecified atom stereocenters. The summed E-state index contributed by atoms with van der Waals surface area (Å²) in [6.45, 7) is 3.24. The summed E-state index contributed by atoms with van der Waals surface area (Å²) in [7, 11) is -1.80. The van der Waals surface area contributed by atoms with Gasteiger partial charge < -0.3 is 10.2 Å². The zero-order valence-electron chi connectivity index (χ0n) is 16.0. The van der Waals surface area contributed by atoms with Crippen molar-refractivity contribution in [1.29, 1.82) is 0 Å². The first-order valence-corrected chi connectivity index (χ1v) is 10.5. The number of piperidine rings is 1. The van der Waals surface area contributed by atoms with Crippen LogP contribution in [0.1, 0.15) is 28.8 Å². The zero-order chi connectivity index (χ0) is 19.4. The summed E-state index contributed by atoms with van der Waals surface area (Å²) >= 11 is 0. The van der Waals surface area contributed by atoms with Crippen molar-refractivity contribution in [2.75, 3.05) is 24.9 Å². The minimum absolute atomic E-state index is 0. The first-order valence-electron chi connectivity index (χ1n) is 9.06. The Morgan fingerprint density at radius 2 is 1.79 bits per heavy atom. The Morgan fingerprint density at radius 1 is 1.11 bits per heavy atom. The van der Waals surface area contributed by atoms with Crippen molar-refractivity contribution >= 4 is 34.0 Å². The third-order valence-electron chi connectivity index (χ3n) is 4.92. The topological polar surface area (TPSA) is 78.5 Å². The number of para-hydroxylation sites is 1. The molecular formula is C20H26ClN3O3S. The fourth-order valence-corrected chi connectivity index (χ4v) is 4.38. The number of anilines is 1. The van der Waals surface area contributed by atoms with Crippen LogP contribution in [0.2, 0.25) is 0 Å². The van der Waals surface area contributed by atoms with Crippen molar-refractivity contribution in [2.24, 2.45) is 0 Å². The second-order valence-electron chi connectivity index (χ2n) is 6.82. The van der Waals surface area contributed by atoms with Gasteiger partial charge in [0.1, 0.15) is 0 Å². The molecule has 1 amide bonds. The Morgan fingerprint density at radius 3 is 2.43 bits per heavy atom. The average Bonchev–Trinajstić information content (AvgIpc) is 2.69. The molecule has 0 saturated carbocycles. The summed E-state index contributed by atoms with van der Waals surface area (Å²) < 4.78 is 27.8. The predicted octanol–water partition coefficient (Wildman–Crippen LogP) is 3.04. The molecule has 6 nitrogen and oxygen atoms in total. The van der Waals surface area contributed by atoms with E-state index in [1.807, 2.05) is 31.0 Å². The number of nitrogens with zero attached hydrogens (tertiary/aromatic N) is 1. The number of rotatable bonds is 5. The number of carbonyl (C=O) groups is 1. The Labute approximate surface area is 172 Å². The van der Waals surface area contributed by atoms with Gasteiger partial charge in [-0.1, -0.05) is 18.2 Å². The highest BCUT2D eigenvalue weighted by molar-refractivity contribution is 7.92. The molecule has 0 spiro atoms. The highest BCUT2D eigenvalue weighted by Crippen LogP contribution is 2.20. The monoisotopic (exact) mass is 423 g/mol.